The van der Waals surface area contributed by atoms with Crippen LogP contribution in [0.5, 0.6) is 5.75 Å². The van der Waals surface area contributed by atoms with Gasteiger partial charge in [-0.1, -0.05) is 17.8 Å². The smallest absolute Gasteiger partial charge is 0.230 e. The summed E-state index contributed by atoms with van der Waals surface area (Å²) >= 11 is 1.33. The van der Waals surface area contributed by atoms with Crippen LogP contribution >= 0.6 is 11.8 Å². The summed E-state index contributed by atoms with van der Waals surface area (Å²) in [5.41, 5.74) is 3.60. The minimum absolute atomic E-state index is 0.0195. The highest BCUT2D eigenvalue weighted by atomic mass is 32.2. The topological polar surface area (TPSA) is 79.9 Å². The number of rotatable bonds is 8. The van der Waals surface area contributed by atoms with E-state index in [4.69, 9.17) is 4.74 Å². The minimum atomic E-state index is -0.0195. The van der Waals surface area contributed by atoms with E-state index in [0.717, 1.165) is 12.2 Å². The molecular formula is C16H22N4O2S. The summed E-state index contributed by atoms with van der Waals surface area (Å²) in [5, 5.41) is 9.95. The fourth-order valence-electron chi connectivity index (χ4n) is 2.08. The summed E-state index contributed by atoms with van der Waals surface area (Å²) in [6.07, 6.45) is 2.19. The number of nitrogens with one attached hydrogen (secondary N) is 2. The molecule has 23 heavy (non-hydrogen) atoms. The molecule has 0 aliphatic heterocycles. The molecule has 7 heteroatoms. The van der Waals surface area contributed by atoms with Crippen molar-refractivity contribution in [2.75, 3.05) is 18.9 Å². The van der Waals surface area contributed by atoms with Crippen LogP contribution in [0.2, 0.25) is 0 Å². The molecule has 6 nitrogen and oxygen atoms in total. The van der Waals surface area contributed by atoms with Crippen molar-refractivity contribution in [3.63, 3.8) is 0 Å². The molecule has 0 bridgehead atoms. The van der Waals surface area contributed by atoms with Crippen LogP contribution in [0.15, 0.2) is 23.6 Å². The first-order chi connectivity index (χ1) is 11.1. The quantitative estimate of drug-likeness (QED) is 0.572. The highest BCUT2D eigenvalue weighted by Crippen LogP contribution is 2.23. The molecule has 0 saturated carbocycles. The van der Waals surface area contributed by atoms with Crippen LogP contribution in [-0.2, 0) is 4.79 Å². The summed E-state index contributed by atoms with van der Waals surface area (Å²) in [7, 11) is 0. The Bertz CT molecular complexity index is 644. The summed E-state index contributed by atoms with van der Waals surface area (Å²) < 4.78 is 5.82. The number of amides is 1. The van der Waals surface area contributed by atoms with E-state index in [2.05, 4.69) is 53.4 Å². The molecule has 0 aliphatic rings. The Morgan fingerprint density at radius 3 is 2.91 bits per heavy atom. The van der Waals surface area contributed by atoms with E-state index >= 15 is 0 Å². The maximum absolute atomic E-state index is 11.7. The number of benzene rings is 1. The molecule has 0 saturated heterocycles. The van der Waals surface area contributed by atoms with Gasteiger partial charge in [0.05, 0.1) is 12.4 Å². The Morgan fingerprint density at radius 1 is 1.35 bits per heavy atom. The second-order valence-electron chi connectivity index (χ2n) is 5.34. The predicted molar refractivity (Wildman–Crippen MR) is 90.9 cm³/mol. The lowest BCUT2D eigenvalue weighted by Gasteiger charge is -2.12. The standard InChI is InChI=1S/C16H22N4O2S/c1-11-7-12(2)13(3)14(8-11)22-6-4-5-17-15(21)9-23-16-18-10-19-20-16/h7-8,10H,4-6,9H2,1-3H3,(H,17,21)(H,18,19,20). The molecule has 0 aliphatic carbocycles. The summed E-state index contributed by atoms with van der Waals surface area (Å²) in [4.78, 5) is 15.6. The van der Waals surface area contributed by atoms with Crippen molar-refractivity contribution in [3.8, 4) is 5.75 Å². The third-order valence-corrected chi connectivity index (χ3v) is 4.27. The zero-order valence-corrected chi connectivity index (χ0v) is 14.5. The molecule has 1 amide bonds. The van der Waals surface area contributed by atoms with Crippen LogP contribution in [0.3, 0.4) is 0 Å². The SMILES string of the molecule is Cc1cc(C)c(C)c(OCCCNC(=O)CSc2ncn[nH]2)c1. The number of aryl methyl sites for hydroxylation is 2. The van der Waals surface area contributed by atoms with Gasteiger partial charge in [0.15, 0.2) is 5.16 Å². The number of aromatic nitrogens is 3. The van der Waals surface area contributed by atoms with E-state index in [9.17, 15) is 4.79 Å². The lowest BCUT2D eigenvalue weighted by atomic mass is 10.1. The van der Waals surface area contributed by atoms with Crippen LogP contribution in [0, 0.1) is 20.8 Å². The third-order valence-electron chi connectivity index (χ3n) is 3.40. The molecule has 1 heterocycles. The number of hydrogen-bond donors (Lipinski definition) is 2. The van der Waals surface area contributed by atoms with Gasteiger partial charge in [0, 0.05) is 6.54 Å². The molecule has 0 radical (unpaired) electrons. The number of nitrogens with zero attached hydrogens (tertiary/aromatic N) is 2. The van der Waals surface area contributed by atoms with Gasteiger partial charge in [-0.3, -0.25) is 9.89 Å². The molecule has 2 aromatic rings. The van der Waals surface area contributed by atoms with Crippen LogP contribution in [0.25, 0.3) is 0 Å². The van der Waals surface area contributed by atoms with Crippen molar-refractivity contribution in [1.82, 2.24) is 20.5 Å². The Kier molecular flexibility index (Phi) is 6.46. The molecule has 1 aromatic carbocycles. The first-order valence-corrected chi connectivity index (χ1v) is 8.50. The number of H-pyrrole nitrogens is 1. The van der Waals surface area contributed by atoms with Crippen molar-refractivity contribution in [3.05, 3.63) is 35.2 Å². The molecule has 0 fully saturated rings. The normalized spacial score (nSPS) is 10.6. The Labute approximate surface area is 140 Å². The number of carbonyl (C=O) groups is 1. The van der Waals surface area contributed by atoms with Crippen LogP contribution in [0.4, 0.5) is 0 Å². The molecule has 124 valence electrons. The largest absolute Gasteiger partial charge is 0.493 e. The average molecular weight is 334 g/mol. The van der Waals surface area contributed by atoms with Gasteiger partial charge < -0.3 is 10.1 Å². The van der Waals surface area contributed by atoms with Crippen molar-refractivity contribution in [2.45, 2.75) is 32.3 Å². The van der Waals surface area contributed by atoms with Crippen LogP contribution in [0.1, 0.15) is 23.1 Å². The van der Waals surface area contributed by atoms with E-state index in [1.54, 1.807) is 0 Å². The highest BCUT2D eigenvalue weighted by molar-refractivity contribution is 7.99. The van der Waals surface area contributed by atoms with Crippen molar-refractivity contribution < 1.29 is 9.53 Å². The van der Waals surface area contributed by atoms with Crippen molar-refractivity contribution in [1.29, 1.82) is 0 Å². The van der Waals surface area contributed by atoms with Gasteiger partial charge in [-0.25, -0.2) is 4.98 Å². The van der Waals surface area contributed by atoms with Gasteiger partial charge >= 0.3 is 0 Å². The summed E-state index contributed by atoms with van der Waals surface area (Å²) in [6.45, 7) is 7.39. The summed E-state index contributed by atoms with van der Waals surface area (Å²) in [5.74, 6) is 1.23. The fourth-order valence-corrected chi connectivity index (χ4v) is 2.69. The zero-order chi connectivity index (χ0) is 16.7. The number of aromatic amines is 1. The van der Waals surface area contributed by atoms with E-state index in [1.165, 1.54) is 34.8 Å². The zero-order valence-electron chi connectivity index (χ0n) is 13.7. The van der Waals surface area contributed by atoms with Gasteiger partial charge in [0.25, 0.3) is 0 Å². The van der Waals surface area contributed by atoms with Gasteiger partial charge in [-0.2, -0.15) is 5.10 Å². The number of hydrogen-bond acceptors (Lipinski definition) is 5. The third kappa shape index (κ3) is 5.59. The maximum atomic E-state index is 11.7. The highest BCUT2D eigenvalue weighted by Gasteiger charge is 2.05. The average Bonchev–Trinajstić information content (AvgIpc) is 3.03. The van der Waals surface area contributed by atoms with Crippen molar-refractivity contribution >= 4 is 17.7 Å². The minimum Gasteiger partial charge on any atom is -0.493 e. The van der Waals surface area contributed by atoms with E-state index < -0.39 is 0 Å². The van der Waals surface area contributed by atoms with E-state index in [1.807, 2.05) is 0 Å². The molecule has 0 atom stereocenters. The molecule has 1 aromatic heterocycles. The molecular weight excluding hydrogens is 312 g/mol. The Balaban J connectivity index is 1.63. The van der Waals surface area contributed by atoms with E-state index in [-0.39, 0.29) is 5.91 Å². The Hall–Kier alpha value is -2.02. The van der Waals surface area contributed by atoms with Gasteiger partial charge in [-0.15, -0.1) is 0 Å². The van der Waals surface area contributed by atoms with Gasteiger partial charge in [-0.05, 0) is 49.9 Å². The molecule has 0 spiro atoms. The van der Waals surface area contributed by atoms with Crippen LogP contribution in [-0.4, -0.2) is 40.0 Å². The number of ether oxygens (including phenoxy) is 1. The number of thioether (sulfide) groups is 1. The monoisotopic (exact) mass is 334 g/mol. The first-order valence-electron chi connectivity index (χ1n) is 7.52. The lowest BCUT2D eigenvalue weighted by molar-refractivity contribution is -0.118. The molecule has 2 N–H and O–H groups in total. The molecule has 2 rings (SSSR count). The molecule has 0 unspecified atom stereocenters. The van der Waals surface area contributed by atoms with Gasteiger partial charge in [0.1, 0.15) is 12.1 Å². The van der Waals surface area contributed by atoms with E-state index in [0.29, 0.717) is 24.1 Å². The van der Waals surface area contributed by atoms with Crippen LogP contribution < -0.4 is 10.1 Å². The van der Waals surface area contributed by atoms with Crippen molar-refractivity contribution in [2.24, 2.45) is 0 Å². The predicted octanol–water partition coefficient (Wildman–Crippen LogP) is 2.41. The second-order valence-corrected chi connectivity index (χ2v) is 6.30. The van der Waals surface area contributed by atoms with Gasteiger partial charge in [0.2, 0.25) is 5.91 Å². The first kappa shape index (κ1) is 17.3. The lowest BCUT2D eigenvalue weighted by Crippen LogP contribution is -2.27. The Morgan fingerprint density at radius 2 is 2.17 bits per heavy atom. The number of carbonyl (C=O) groups excluding carboxylic acids is 1. The summed E-state index contributed by atoms with van der Waals surface area (Å²) in [6, 6.07) is 4.20. The fraction of sp³-hybridized carbons (Fsp3) is 0.438. The second kappa shape index (κ2) is 8.57. The maximum Gasteiger partial charge on any atom is 0.230 e.